The summed E-state index contributed by atoms with van der Waals surface area (Å²) in [5, 5.41) is 7.45. The quantitative estimate of drug-likeness (QED) is 0.161. The molecular weight excluding hydrogens is 360 g/mol. The van der Waals surface area contributed by atoms with Crippen LogP contribution in [-0.4, -0.2) is 44.0 Å². The lowest BCUT2D eigenvalue weighted by Crippen LogP contribution is -2.78. The van der Waals surface area contributed by atoms with Gasteiger partial charge >= 0.3 is 5.96 Å². The lowest BCUT2D eigenvalue weighted by atomic mass is 10.1. The lowest BCUT2D eigenvalue weighted by Gasteiger charge is -2.18. The number of hydrogen-bond acceptors (Lipinski definition) is 3. The fraction of sp³-hybridized carbons (Fsp3) is 0.316. The van der Waals surface area contributed by atoms with Crippen molar-refractivity contribution in [1.82, 2.24) is 5.32 Å². The topological polar surface area (TPSA) is 161 Å². The first-order valence-electron chi connectivity index (χ1n) is 9.02. The predicted octanol–water partition coefficient (Wildman–Crippen LogP) is -2.35. The van der Waals surface area contributed by atoms with Crippen LogP contribution in [0.25, 0.3) is 10.8 Å². The summed E-state index contributed by atoms with van der Waals surface area (Å²) >= 11 is 0. The predicted molar refractivity (Wildman–Crippen MR) is 107 cm³/mol. The summed E-state index contributed by atoms with van der Waals surface area (Å²) < 4.78 is 5.43. The molecular formula is C19H28N6O3+2. The molecule has 0 radical (unpaired) electrons. The molecule has 2 amide bonds. The van der Waals surface area contributed by atoms with Crippen LogP contribution in [0.3, 0.4) is 0 Å². The number of benzene rings is 2. The Morgan fingerprint density at radius 1 is 1.25 bits per heavy atom. The van der Waals surface area contributed by atoms with Gasteiger partial charge in [-0.1, -0.05) is 24.3 Å². The molecule has 9 heteroatoms. The summed E-state index contributed by atoms with van der Waals surface area (Å²) in [5.41, 5.74) is 14.9. The van der Waals surface area contributed by atoms with Gasteiger partial charge in [-0.15, -0.1) is 0 Å². The number of methoxy groups -OCH3 is 1. The van der Waals surface area contributed by atoms with Crippen LogP contribution >= 0.6 is 0 Å². The van der Waals surface area contributed by atoms with E-state index in [0.29, 0.717) is 30.8 Å². The van der Waals surface area contributed by atoms with Gasteiger partial charge in [-0.25, -0.2) is 0 Å². The SMILES string of the molecule is COc1cc(NC(=O)[C@H](CCC[NH+]=C(N)N)NC(=O)C[NH3+])cc2ccccc12. The first-order chi connectivity index (χ1) is 13.4. The van der Waals surface area contributed by atoms with Crippen LogP contribution in [0, 0.1) is 0 Å². The van der Waals surface area contributed by atoms with E-state index < -0.39 is 6.04 Å². The molecule has 0 unspecified atom stereocenters. The minimum absolute atomic E-state index is 0.0509. The van der Waals surface area contributed by atoms with Crippen LogP contribution in [0.2, 0.25) is 0 Å². The van der Waals surface area contributed by atoms with Crippen molar-refractivity contribution in [1.29, 1.82) is 0 Å². The number of carbonyl (C=O) groups excluding carboxylic acids is 2. The van der Waals surface area contributed by atoms with Gasteiger partial charge in [-0.2, -0.15) is 0 Å². The largest absolute Gasteiger partial charge is 0.496 e. The fourth-order valence-corrected chi connectivity index (χ4v) is 2.82. The van der Waals surface area contributed by atoms with E-state index in [2.05, 4.69) is 21.4 Å². The number of ether oxygens (including phenoxy) is 1. The molecule has 0 fully saturated rings. The second kappa shape index (κ2) is 10.1. The van der Waals surface area contributed by atoms with Gasteiger partial charge < -0.3 is 21.1 Å². The second-order valence-electron chi connectivity index (χ2n) is 6.28. The highest BCUT2D eigenvalue weighted by Crippen LogP contribution is 2.29. The molecule has 150 valence electrons. The molecule has 0 aliphatic heterocycles. The van der Waals surface area contributed by atoms with Crippen molar-refractivity contribution in [3.05, 3.63) is 36.4 Å². The van der Waals surface area contributed by atoms with Gasteiger partial charge in [-0.05, 0) is 24.3 Å². The molecule has 28 heavy (non-hydrogen) atoms. The minimum Gasteiger partial charge on any atom is -0.496 e. The van der Waals surface area contributed by atoms with Crippen LogP contribution in [0.4, 0.5) is 5.69 Å². The highest BCUT2D eigenvalue weighted by molar-refractivity contribution is 6.00. The van der Waals surface area contributed by atoms with Gasteiger partial charge in [0.1, 0.15) is 11.8 Å². The lowest BCUT2D eigenvalue weighted by molar-refractivity contribution is -0.459. The van der Waals surface area contributed by atoms with E-state index in [0.717, 1.165) is 10.8 Å². The zero-order valence-corrected chi connectivity index (χ0v) is 16.0. The summed E-state index contributed by atoms with van der Waals surface area (Å²) in [7, 11) is 1.58. The summed E-state index contributed by atoms with van der Waals surface area (Å²) in [6.45, 7) is 0.547. The van der Waals surface area contributed by atoms with Crippen molar-refractivity contribution in [3.8, 4) is 5.75 Å². The van der Waals surface area contributed by atoms with Crippen LogP contribution in [0.5, 0.6) is 5.75 Å². The first-order valence-corrected chi connectivity index (χ1v) is 9.02. The third-order valence-corrected chi connectivity index (χ3v) is 4.19. The van der Waals surface area contributed by atoms with Gasteiger partial charge in [-0.3, -0.25) is 26.0 Å². The number of rotatable bonds is 9. The van der Waals surface area contributed by atoms with Crippen LogP contribution in [0.15, 0.2) is 36.4 Å². The number of carbonyl (C=O) groups is 2. The van der Waals surface area contributed by atoms with Gasteiger partial charge in [0.25, 0.3) is 5.91 Å². The minimum atomic E-state index is -0.701. The Morgan fingerprint density at radius 3 is 2.68 bits per heavy atom. The third-order valence-electron chi connectivity index (χ3n) is 4.19. The molecule has 0 aromatic heterocycles. The van der Waals surface area contributed by atoms with E-state index in [9.17, 15) is 9.59 Å². The van der Waals surface area contributed by atoms with E-state index in [4.69, 9.17) is 16.2 Å². The molecule has 0 saturated carbocycles. The molecule has 10 N–H and O–H groups in total. The zero-order valence-electron chi connectivity index (χ0n) is 16.0. The van der Waals surface area contributed by atoms with Crippen LogP contribution in [-0.2, 0) is 9.59 Å². The summed E-state index contributed by atoms with van der Waals surface area (Å²) in [6.07, 6.45) is 1.01. The Morgan fingerprint density at radius 2 is 2.00 bits per heavy atom. The van der Waals surface area contributed by atoms with E-state index in [-0.39, 0.29) is 24.3 Å². The molecule has 0 spiro atoms. The maximum absolute atomic E-state index is 12.8. The molecule has 0 bridgehead atoms. The summed E-state index contributed by atoms with van der Waals surface area (Å²) in [4.78, 5) is 27.3. The van der Waals surface area contributed by atoms with E-state index in [1.54, 1.807) is 13.2 Å². The molecule has 0 saturated heterocycles. The number of nitrogens with two attached hydrogens (primary N) is 2. The first kappa shape index (κ1) is 21.0. The standard InChI is InChI=1S/C19H26N6O3/c1-28-16-10-13(9-12-5-2-3-6-14(12)16)24-18(27)15(25-17(26)11-20)7-4-8-23-19(21)22/h2-3,5-6,9-10,15H,4,7-8,11,20H2,1H3,(H,24,27)(H,25,26)(H4,21,22,23)/p+2/t15-/m0/s1. The van der Waals surface area contributed by atoms with Gasteiger partial charge in [0.15, 0.2) is 6.54 Å². The maximum atomic E-state index is 12.8. The van der Waals surface area contributed by atoms with Gasteiger partial charge in [0.05, 0.1) is 13.7 Å². The number of guanidine groups is 1. The Balaban J connectivity index is 2.15. The Kier molecular flexibility index (Phi) is 7.58. The normalized spacial score (nSPS) is 11.5. The number of nitrogens with one attached hydrogen (secondary N) is 3. The van der Waals surface area contributed by atoms with E-state index >= 15 is 0 Å². The van der Waals surface area contributed by atoms with Crippen LogP contribution in [0.1, 0.15) is 12.8 Å². The maximum Gasteiger partial charge on any atom is 0.338 e. The molecule has 2 aromatic carbocycles. The molecule has 0 aliphatic carbocycles. The Hall–Kier alpha value is -3.33. The molecule has 2 aromatic rings. The molecule has 1 atom stereocenters. The summed E-state index contributed by atoms with van der Waals surface area (Å²) in [5.74, 6) is 0.161. The highest BCUT2D eigenvalue weighted by Gasteiger charge is 2.21. The molecule has 9 nitrogen and oxygen atoms in total. The number of fused-ring (bicyclic) bond motifs is 1. The molecule has 2 rings (SSSR count). The number of amides is 2. The van der Waals surface area contributed by atoms with Crippen molar-refractivity contribution < 1.29 is 25.1 Å². The van der Waals surface area contributed by atoms with Crippen molar-refractivity contribution >= 4 is 34.2 Å². The van der Waals surface area contributed by atoms with Gasteiger partial charge in [0.2, 0.25) is 5.91 Å². The fourth-order valence-electron chi connectivity index (χ4n) is 2.82. The highest BCUT2D eigenvalue weighted by atomic mass is 16.5. The van der Waals surface area contributed by atoms with Crippen molar-refractivity contribution in [3.63, 3.8) is 0 Å². The van der Waals surface area contributed by atoms with Crippen molar-refractivity contribution in [2.24, 2.45) is 11.5 Å². The Bertz CT molecular complexity index is 864. The summed E-state index contributed by atoms with van der Waals surface area (Å²) in [6, 6.07) is 10.6. The molecule has 0 aliphatic rings. The van der Waals surface area contributed by atoms with Gasteiger partial charge in [0, 0.05) is 17.1 Å². The van der Waals surface area contributed by atoms with Crippen molar-refractivity contribution in [2.75, 3.05) is 25.5 Å². The smallest absolute Gasteiger partial charge is 0.338 e. The zero-order chi connectivity index (χ0) is 20.5. The average molecular weight is 388 g/mol. The number of anilines is 1. The van der Waals surface area contributed by atoms with E-state index in [1.807, 2.05) is 30.3 Å². The van der Waals surface area contributed by atoms with Crippen molar-refractivity contribution in [2.45, 2.75) is 18.9 Å². The average Bonchev–Trinajstić information content (AvgIpc) is 2.69. The Labute approximate surface area is 163 Å². The third kappa shape index (κ3) is 5.85. The monoisotopic (exact) mass is 388 g/mol. The van der Waals surface area contributed by atoms with Crippen LogP contribution < -0.4 is 37.6 Å². The van der Waals surface area contributed by atoms with E-state index in [1.165, 1.54) is 0 Å². The number of hydrogen-bond donors (Lipinski definition) is 6. The molecule has 0 heterocycles. The number of quaternary nitrogens is 1. The second-order valence-corrected chi connectivity index (χ2v) is 6.28.